The number of amides is 2. The van der Waals surface area contributed by atoms with Crippen molar-refractivity contribution in [3.63, 3.8) is 0 Å². The molecule has 0 aromatic heterocycles. The minimum absolute atomic E-state index is 0.00355. The van der Waals surface area contributed by atoms with Crippen molar-refractivity contribution in [1.82, 2.24) is 10.2 Å². The first kappa shape index (κ1) is 25.7. The van der Waals surface area contributed by atoms with Gasteiger partial charge in [0, 0.05) is 56.5 Å². The molecular formula is C23H28N6O6. The average molecular weight is 485 g/mol. The molecule has 4 rings (SSSR count). The predicted molar refractivity (Wildman–Crippen MR) is 130 cm³/mol. The maximum atomic E-state index is 12.1. The quantitative estimate of drug-likeness (QED) is 0.503. The summed E-state index contributed by atoms with van der Waals surface area (Å²) < 4.78 is 0. The van der Waals surface area contributed by atoms with Gasteiger partial charge in [0.05, 0.1) is 34.3 Å². The first-order valence-electron chi connectivity index (χ1n) is 11.2. The van der Waals surface area contributed by atoms with Crippen LogP contribution >= 0.6 is 0 Å². The topological polar surface area (TPSA) is 142 Å². The highest BCUT2D eigenvalue weighted by Crippen LogP contribution is 2.23. The summed E-state index contributed by atoms with van der Waals surface area (Å²) in [6, 6.07) is 12.7. The highest BCUT2D eigenvalue weighted by atomic mass is 16.6. The van der Waals surface area contributed by atoms with Crippen molar-refractivity contribution in [2.75, 3.05) is 49.1 Å². The highest BCUT2D eigenvalue weighted by Gasteiger charge is 2.27. The second-order valence-corrected chi connectivity index (χ2v) is 8.39. The fourth-order valence-corrected chi connectivity index (χ4v) is 3.83. The number of carbonyl (C=O) groups excluding carboxylic acids is 2. The molecule has 0 atom stereocenters. The van der Waals surface area contributed by atoms with Crippen LogP contribution < -0.4 is 15.1 Å². The number of nitrogens with one attached hydrogen (secondary N) is 1. The normalized spacial score (nSPS) is 16.7. The fourth-order valence-electron chi connectivity index (χ4n) is 3.83. The van der Waals surface area contributed by atoms with Crippen molar-refractivity contribution in [3.05, 3.63) is 68.8 Å². The Bertz CT molecular complexity index is 1110. The summed E-state index contributed by atoms with van der Waals surface area (Å²) >= 11 is 0. The Hall–Kier alpha value is -3.90. The molecule has 0 aliphatic carbocycles. The van der Waals surface area contributed by atoms with Crippen LogP contribution in [0.2, 0.25) is 0 Å². The molecule has 2 fully saturated rings. The zero-order chi connectivity index (χ0) is 25.5. The van der Waals surface area contributed by atoms with Crippen LogP contribution in [0.5, 0.6) is 0 Å². The van der Waals surface area contributed by atoms with E-state index >= 15 is 0 Å². The monoisotopic (exact) mass is 484 g/mol. The Labute approximate surface area is 202 Å². The molecule has 0 spiro atoms. The number of piperazine rings is 2. The van der Waals surface area contributed by atoms with Crippen molar-refractivity contribution in [2.45, 2.75) is 19.9 Å². The van der Waals surface area contributed by atoms with Gasteiger partial charge in [0.25, 0.3) is 11.4 Å². The van der Waals surface area contributed by atoms with E-state index in [0.717, 1.165) is 6.54 Å². The molecule has 2 aliphatic rings. The molecule has 2 amide bonds. The summed E-state index contributed by atoms with van der Waals surface area (Å²) in [5, 5.41) is 24.3. The van der Waals surface area contributed by atoms with Crippen LogP contribution in [0, 0.1) is 20.2 Å². The third kappa shape index (κ3) is 6.58. The maximum absolute atomic E-state index is 12.1. The molecule has 2 aliphatic heterocycles. The van der Waals surface area contributed by atoms with Crippen LogP contribution in [0.4, 0.5) is 22.7 Å². The number of non-ortho nitro benzene ring substituents is 2. The van der Waals surface area contributed by atoms with Gasteiger partial charge in [-0.3, -0.25) is 34.7 Å². The summed E-state index contributed by atoms with van der Waals surface area (Å²) in [5.41, 5.74) is 1.20. The van der Waals surface area contributed by atoms with Crippen LogP contribution in [-0.4, -0.2) is 71.9 Å². The molecule has 2 aromatic carbocycles. The third-order valence-corrected chi connectivity index (χ3v) is 5.77. The summed E-state index contributed by atoms with van der Waals surface area (Å²) in [4.78, 5) is 49.4. The van der Waals surface area contributed by atoms with E-state index in [4.69, 9.17) is 0 Å². The number of rotatable bonds is 5. The number of nitro benzene ring substituents is 2. The molecule has 12 heteroatoms. The van der Waals surface area contributed by atoms with E-state index < -0.39 is 9.85 Å². The van der Waals surface area contributed by atoms with Crippen molar-refractivity contribution in [3.8, 4) is 0 Å². The van der Waals surface area contributed by atoms with Gasteiger partial charge < -0.3 is 15.1 Å². The second kappa shape index (κ2) is 11.5. The lowest BCUT2D eigenvalue weighted by atomic mass is 10.2. The first-order valence-corrected chi connectivity index (χ1v) is 11.2. The lowest BCUT2D eigenvalue weighted by Gasteiger charge is -2.36. The Kier molecular flexibility index (Phi) is 8.44. The first-order chi connectivity index (χ1) is 16.7. The largest absolute Gasteiger partial charge is 0.310 e. The average Bonchev–Trinajstić information content (AvgIpc) is 2.84. The van der Waals surface area contributed by atoms with Gasteiger partial charge in [0.1, 0.15) is 0 Å². The van der Waals surface area contributed by atoms with Gasteiger partial charge in [-0.25, -0.2) is 0 Å². The van der Waals surface area contributed by atoms with Crippen LogP contribution in [0.3, 0.4) is 0 Å². The molecule has 12 nitrogen and oxygen atoms in total. The van der Waals surface area contributed by atoms with Crippen LogP contribution in [0.1, 0.15) is 13.8 Å². The van der Waals surface area contributed by atoms with Gasteiger partial charge in [0.2, 0.25) is 11.8 Å². The van der Waals surface area contributed by atoms with Crippen LogP contribution in [0.15, 0.2) is 48.5 Å². The van der Waals surface area contributed by atoms with Crippen molar-refractivity contribution >= 4 is 34.6 Å². The highest BCUT2D eigenvalue weighted by molar-refractivity contribution is 5.96. The molecule has 1 N–H and O–H groups in total. The third-order valence-electron chi connectivity index (χ3n) is 5.77. The van der Waals surface area contributed by atoms with Gasteiger partial charge in [-0.2, -0.15) is 0 Å². The van der Waals surface area contributed by atoms with E-state index in [0.29, 0.717) is 43.6 Å². The zero-order valence-corrected chi connectivity index (χ0v) is 19.6. The summed E-state index contributed by atoms with van der Waals surface area (Å²) in [6.45, 7) is 7.34. The summed E-state index contributed by atoms with van der Waals surface area (Å²) in [6.07, 6.45) is 0. The van der Waals surface area contributed by atoms with E-state index in [1.807, 2.05) is 0 Å². The SMILES string of the molecule is CC(C)N1CCN(c2cccc([N+](=O)[O-])c2)C(=O)C1.O=C1CNCCN1c1cccc([N+](=O)[O-])c1. The Balaban J connectivity index is 0.000000198. The number of nitro groups is 2. The van der Waals surface area contributed by atoms with E-state index in [9.17, 15) is 29.8 Å². The minimum atomic E-state index is -0.462. The molecule has 186 valence electrons. The van der Waals surface area contributed by atoms with Gasteiger partial charge in [-0.15, -0.1) is 0 Å². The number of anilines is 2. The molecule has 2 heterocycles. The van der Waals surface area contributed by atoms with E-state index in [2.05, 4.69) is 24.1 Å². The van der Waals surface area contributed by atoms with Gasteiger partial charge in [-0.1, -0.05) is 12.1 Å². The van der Waals surface area contributed by atoms with Crippen LogP contribution in [0.25, 0.3) is 0 Å². The van der Waals surface area contributed by atoms with Gasteiger partial charge in [-0.05, 0) is 26.0 Å². The standard InChI is InChI=1S/C13H17N3O3.C10H11N3O3/c1-10(2)14-6-7-15(13(17)9-14)11-4-3-5-12(8-11)16(18)19;14-10-7-11-4-5-12(10)8-2-1-3-9(6-8)13(15)16/h3-5,8,10H,6-7,9H2,1-2H3;1-3,6,11H,4-5,7H2. The van der Waals surface area contributed by atoms with E-state index in [1.54, 1.807) is 34.1 Å². The Morgan fingerprint density at radius 2 is 1.37 bits per heavy atom. The summed E-state index contributed by atoms with van der Waals surface area (Å²) in [5.74, 6) is -0.0767. The number of benzene rings is 2. The Morgan fingerprint density at radius 1 is 0.829 bits per heavy atom. The van der Waals surface area contributed by atoms with Gasteiger partial charge in [0.15, 0.2) is 0 Å². The molecule has 2 aromatic rings. The van der Waals surface area contributed by atoms with Crippen molar-refractivity contribution in [2.24, 2.45) is 0 Å². The lowest BCUT2D eigenvalue weighted by Crippen LogP contribution is -2.52. The number of hydrogen-bond donors (Lipinski definition) is 1. The Morgan fingerprint density at radius 3 is 1.83 bits per heavy atom. The molecule has 0 bridgehead atoms. The maximum Gasteiger partial charge on any atom is 0.271 e. The van der Waals surface area contributed by atoms with Crippen molar-refractivity contribution < 1.29 is 19.4 Å². The van der Waals surface area contributed by atoms with Crippen molar-refractivity contribution in [1.29, 1.82) is 0 Å². The molecule has 0 unspecified atom stereocenters. The molecular weight excluding hydrogens is 456 g/mol. The summed E-state index contributed by atoms with van der Waals surface area (Å²) in [7, 11) is 0. The molecule has 0 saturated carbocycles. The van der Waals surface area contributed by atoms with Crippen LogP contribution in [-0.2, 0) is 9.59 Å². The lowest BCUT2D eigenvalue weighted by molar-refractivity contribution is -0.385. The van der Waals surface area contributed by atoms with E-state index in [1.165, 1.54) is 24.3 Å². The fraction of sp³-hybridized carbons (Fsp3) is 0.391. The number of hydrogen-bond acceptors (Lipinski definition) is 8. The van der Waals surface area contributed by atoms with E-state index in [-0.39, 0.29) is 29.7 Å². The van der Waals surface area contributed by atoms with Gasteiger partial charge >= 0.3 is 0 Å². The molecule has 0 radical (unpaired) electrons. The molecule has 2 saturated heterocycles. The smallest absolute Gasteiger partial charge is 0.271 e. The number of carbonyl (C=O) groups is 2. The minimum Gasteiger partial charge on any atom is -0.310 e. The zero-order valence-electron chi connectivity index (χ0n) is 19.6. The number of nitrogens with zero attached hydrogens (tertiary/aromatic N) is 5. The molecule has 35 heavy (non-hydrogen) atoms. The predicted octanol–water partition coefficient (Wildman–Crippen LogP) is 2.18. The second-order valence-electron chi connectivity index (χ2n) is 8.39.